The van der Waals surface area contributed by atoms with Crippen molar-refractivity contribution in [2.45, 2.75) is 44.4 Å². The lowest BCUT2D eigenvalue weighted by Crippen LogP contribution is -2.50. The maximum Gasteiger partial charge on any atom is 0.308 e. The van der Waals surface area contributed by atoms with Gasteiger partial charge in [0.25, 0.3) is 0 Å². The fourth-order valence-corrected chi connectivity index (χ4v) is 2.90. The number of nitrogens with zero attached hydrogens (tertiary/aromatic N) is 1. The number of aliphatic hydroxyl groups excluding tert-OH is 1. The van der Waals surface area contributed by atoms with Gasteiger partial charge in [0.1, 0.15) is 0 Å². The van der Waals surface area contributed by atoms with Crippen LogP contribution in [-0.2, 0) is 14.3 Å². The van der Waals surface area contributed by atoms with E-state index in [1.165, 1.54) is 19.4 Å². The average Bonchev–Trinajstić information content (AvgIpc) is 2.86. The van der Waals surface area contributed by atoms with Crippen LogP contribution in [0.1, 0.15) is 26.2 Å². The first-order valence-corrected chi connectivity index (χ1v) is 7.59. The second-order valence-electron chi connectivity index (χ2n) is 5.57. The van der Waals surface area contributed by atoms with Gasteiger partial charge in [-0.3, -0.25) is 9.69 Å². The number of hydrogen-bond acceptors (Lipinski definition) is 6. The zero-order chi connectivity index (χ0) is 14.4. The molecule has 0 bridgehead atoms. The summed E-state index contributed by atoms with van der Waals surface area (Å²) in [4.78, 5) is 13.7. The number of nitrogens with one attached hydrogen (secondary N) is 1. The minimum absolute atomic E-state index is 0.0422. The molecule has 0 spiro atoms. The van der Waals surface area contributed by atoms with Crippen LogP contribution in [0.4, 0.5) is 0 Å². The largest absolute Gasteiger partial charge is 0.466 e. The van der Waals surface area contributed by atoms with Crippen LogP contribution in [-0.4, -0.2) is 73.6 Å². The summed E-state index contributed by atoms with van der Waals surface area (Å²) in [6, 6.07) is 0.612. The van der Waals surface area contributed by atoms with Crippen molar-refractivity contribution in [2.75, 3.05) is 39.4 Å². The molecular weight excluding hydrogens is 260 g/mol. The van der Waals surface area contributed by atoms with E-state index >= 15 is 0 Å². The molecule has 0 aromatic heterocycles. The molecule has 2 fully saturated rings. The van der Waals surface area contributed by atoms with Crippen LogP contribution < -0.4 is 5.32 Å². The smallest absolute Gasteiger partial charge is 0.308 e. The van der Waals surface area contributed by atoms with E-state index in [0.29, 0.717) is 25.7 Å². The summed E-state index contributed by atoms with van der Waals surface area (Å²) in [5, 5.41) is 12.9. The molecule has 2 aliphatic heterocycles. The van der Waals surface area contributed by atoms with E-state index in [-0.39, 0.29) is 18.5 Å². The van der Waals surface area contributed by atoms with Crippen molar-refractivity contribution >= 4 is 5.97 Å². The summed E-state index contributed by atoms with van der Waals surface area (Å²) in [5.41, 5.74) is 0. The molecule has 2 heterocycles. The minimum Gasteiger partial charge on any atom is -0.466 e. The van der Waals surface area contributed by atoms with Crippen LogP contribution >= 0.6 is 0 Å². The molecule has 0 aromatic rings. The Kier molecular flexibility index (Phi) is 6.22. The predicted molar refractivity (Wildman–Crippen MR) is 74.5 cm³/mol. The number of carbonyl (C=O) groups is 1. The lowest BCUT2D eigenvalue weighted by molar-refractivity contribution is -0.145. The molecule has 20 heavy (non-hydrogen) atoms. The highest BCUT2D eigenvalue weighted by Gasteiger charge is 2.31. The van der Waals surface area contributed by atoms with E-state index in [1.807, 2.05) is 0 Å². The SMILES string of the molecule is CCOC(=O)CC(O)CNCC1CN2CCCC2CO1. The van der Waals surface area contributed by atoms with Gasteiger partial charge in [0.15, 0.2) is 0 Å². The van der Waals surface area contributed by atoms with Gasteiger partial charge in [-0.1, -0.05) is 0 Å². The van der Waals surface area contributed by atoms with E-state index in [0.717, 1.165) is 13.2 Å². The number of aliphatic hydroxyl groups is 1. The van der Waals surface area contributed by atoms with E-state index in [4.69, 9.17) is 9.47 Å². The average molecular weight is 286 g/mol. The van der Waals surface area contributed by atoms with Crippen LogP contribution in [0.25, 0.3) is 0 Å². The van der Waals surface area contributed by atoms with Gasteiger partial charge < -0.3 is 19.9 Å². The first kappa shape index (κ1) is 15.7. The lowest BCUT2D eigenvalue weighted by atomic mass is 10.2. The molecule has 6 heteroatoms. The van der Waals surface area contributed by atoms with Crippen molar-refractivity contribution in [3.63, 3.8) is 0 Å². The number of ether oxygens (including phenoxy) is 2. The molecule has 2 N–H and O–H groups in total. The van der Waals surface area contributed by atoms with E-state index in [1.54, 1.807) is 6.92 Å². The molecule has 2 saturated heterocycles. The molecule has 0 saturated carbocycles. The normalized spacial score (nSPS) is 28.1. The van der Waals surface area contributed by atoms with Gasteiger partial charge in [-0.05, 0) is 26.3 Å². The molecule has 0 aromatic carbocycles. The van der Waals surface area contributed by atoms with Crippen LogP contribution in [0.15, 0.2) is 0 Å². The van der Waals surface area contributed by atoms with Crippen molar-refractivity contribution in [1.82, 2.24) is 10.2 Å². The molecule has 2 aliphatic rings. The second-order valence-corrected chi connectivity index (χ2v) is 5.57. The third kappa shape index (κ3) is 4.70. The van der Waals surface area contributed by atoms with Crippen LogP contribution in [0.5, 0.6) is 0 Å². The zero-order valence-electron chi connectivity index (χ0n) is 12.2. The van der Waals surface area contributed by atoms with Gasteiger partial charge in [0.05, 0.1) is 31.8 Å². The highest BCUT2D eigenvalue weighted by molar-refractivity contribution is 5.69. The van der Waals surface area contributed by atoms with Crippen LogP contribution in [0, 0.1) is 0 Å². The number of carbonyl (C=O) groups excluding carboxylic acids is 1. The quantitative estimate of drug-likeness (QED) is 0.629. The van der Waals surface area contributed by atoms with Gasteiger partial charge in [-0.2, -0.15) is 0 Å². The minimum atomic E-state index is -0.697. The zero-order valence-corrected chi connectivity index (χ0v) is 12.2. The highest BCUT2D eigenvalue weighted by atomic mass is 16.5. The number of esters is 1. The maximum absolute atomic E-state index is 11.2. The van der Waals surface area contributed by atoms with Crippen LogP contribution in [0.3, 0.4) is 0 Å². The number of rotatable bonds is 7. The molecule has 0 amide bonds. The molecular formula is C14H26N2O4. The maximum atomic E-state index is 11.2. The lowest BCUT2D eigenvalue weighted by Gasteiger charge is -2.35. The van der Waals surface area contributed by atoms with E-state index in [9.17, 15) is 9.90 Å². The Balaban J connectivity index is 1.57. The Morgan fingerprint density at radius 2 is 2.45 bits per heavy atom. The standard InChI is InChI=1S/C14H26N2O4/c1-2-19-14(18)6-12(17)7-15-8-13-9-16-5-3-4-11(16)10-20-13/h11-13,15,17H,2-10H2,1H3. The van der Waals surface area contributed by atoms with E-state index in [2.05, 4.69) is 10.2 Å². The summed E-state index contributed by atoms with van der Waals surface area (Å²) in [5.74, 6) is -0.351. The van der Waals surface area contributed by atoms with E-state index < -0.39 is 6.10 Å². The summed E-state index contributed by atoms with van der Waals surface area (Å²) in [6.07, 6.45) is 2.04. The molecule has 3 atom stereocenters. The number of fused-ring (bicyclic) bond motifs is 1. The van der Waals surface area contributed by atoms with Crippen molar-refractivity contribution in [3.05, 3.63) is 0 Å². The van der Waals surface area contributed by atoms with Gasteiger partial charge in [0, 0.05) is 25.7 Å². The third-order valence-electron chi connectivity index (χ3n) is 3.92. The second kappa shape index (κ2) is 7.93. The summed E-state index contributed by atoms with van der Waals surface area (Å²) in [7, 11) is 0. The monoisotopic (exact) mass is 286 g/mol. The van der Waals surface area contributed by atoms with Crippen molar-refractivity contribution in [3.8, 4) is 0 Å². The topological polar surface area (TPSA) is 71.0 Å². The van der Waals surface area contributed by atoms with Gasteiger partial charge in [-0.15, -0.1) is 0 Å². The number of hydrogen-bond donors (Lipinski definition) is 2. The Labute approximate surface area is 120 Å². The molecule has 6 nitrogen and oxygen atoms in total. The highest BCUT2D eigenvalue weighted by Crippen LogP contribution is 2.22. The molecule has 2 rings (SSSR count). The third-order valence-corrected chi connectivity index (χ3v) is 3.92. The Morgan fingerprint density at radius 3 is 3.25 bits per heavy atom. The molecule has 3 unspecified atom stereocenters. The fourth-order valence-electron chi connectivity index (χ4n) is 2.90. The Hall–Kier alpha value is -0.690. The molecule has 116 valence electrons. The van der Waals surface area contributed by atoms with Crippen molar-refractivity contribution < 1.29 is 19.4 Å². The fraction of sp³-hybridized carbons (Fsp3) is 0.929. The van der Waals surface area contributed by atoms with Crippen LogP contribution in [0.2, 0.25) is 0 Å². The van der Waals surface area contributed by atoms with Gasteiger partial charge >= 0.3 is 5.97 Å². The number of morpholine rings is 1. The summed E-state index contributed by atoms with van der Waals surface area (Å²) < 4.78 is 10.6. The van der Waals surface area contributed by atoms with Crippen molar-refractivity contribution in [2.24, 2.45) is 0 Å². The molecule has 0 radical (unpaired) electrons. The molecule has 0 aliphatic carbocycles. The summed E-state index contributed by atoms with van der Waals surface area (Å²) in [6.45, 7) is 6.17. The first-order chi connectivity index (χ1) is 9.69. The summed E-state index contributed by atoms with van der Waals surface area (Å²) >= 11 is 0. The first-order valence-electron chi connectivity index (χ1n) is 7.59. The van der Waals surface area contributed by atoms with Gasteiger partial charge in [0.2, 0.25) is 0 Å². The van der Waals surface area contributed by atoms with Gasteiger partial charge in [-0.25, -0.2) is 0 Å². The predicted octanol–water partition coefficient (Wildman–Crippen LogP) is -0.247. The van der Waals surface area contributed by atoms with Crippen molar-refractivity contribution in [1.29, 1.82) is 0 Å². The Morgan fingerprint density at radius 1 is 1.60 bits per heavy atom. The Bertz CT molecular complexity index is 314.